The summed E-state index contributed by atoms with van der Waals surface area (Å²) in [4.78, 5) is 25.3. The first-order valence-corrected chi connectivity index (χ1v) is 9.11. The molecule has 1 fully saturated rings. The van der Waals surface area contributed by atoms with Crippen LogP contribution in [0, 0.1) is 0 Å². The van der Waals surface area contributed by atoms with Crippen LogP contribution in [0.15, 0.2) is 53.0 Å². The van der Waals surface area contributed by atoms with Crippen molar-refractivity contribution in [3.8, 4) is 0 Å². The highest BCUT2D eigenvalue weighted by atomic mass is 79.9. The topological polar surface area (TPSA) is 55.4 Å². The molecule has 1 amide bonds. The van der Waals surface area contributed by atoms with Gasteiger partial charge in [0.25, 0.3) is 0 Å². The molecule has 0 heterocycles. The maximum absolute atomic E-state index is 13.2. The Morgan fingerprint density at radius 2 is 1.76 bits per heavy atom. The molecule has 0 aromatic heterocycles. The van der Waals surface area contributed by atoms with Crippen molar-refractivity contribution in [1.29, 1.82) is 0 Å². The number of nitrogens with one attached hydrogen (secondary N) is 1. The van der Waals surface area contributed by atoms with Crippen molar-refractivity contribution >= 4 is 33.5 Å². The summed E-state index contributed by atoms with van der Waals surface area (Å²) in [6, 6.07) is 15.1. The number of carbonyl (C=O) groups excluding carboxylic acids is 2. The van der Waals surface area contributed by atoms with Crippen LogP contribution in [-0.4, -0.2) is 19.0 Å². The summed E-state index contributed by atoms with van der Waals surface area (Å²) < 4.78 is 5.59. The van der Waals surface area contributed by atoms with Crippen LogP contribution in [0.3, 0.4) is 0 Å². The standard InChI is InChI=1S/C20H20BrNO3/c1-25-18(23)16-13-15(21)9-10-17(16)22-19(24)20(11-5-6-12-20)14-7-3-2-4-8-14/h2-4,7-10,13H,5-6,11-12H2,1H3,(H,22,24). The SMILES string of the molecule is COC(=O)c1cc(Br)ccc1NC(=O)C1(c2ccccc2)CCCC1. The highest BCUT2D eigenvalue weighted by molar-refractivity contribution is 9.10. The van der Waals surface area contributed by atoms with Gasteiger partial charge in [0.15, 0.2) is 0 Å². The molecule has 2 aromatic carbocycles. The zero-order valence-electron chi connectivity index (χ0n) is 14.0. The molecule has 25 heavy (non-hydrogen) atoms. The second-order valence-electron chi connectivity index (χ2n) is 6.29. The van der Waals surface area contributed by atoms with Crippen LogP contribution in [0.2, 0.25) is 0 Å². The van der Waals surface area contributed by atoms with Crippen LogP contribution in [-0.2, 0) is 14.9 Å². The first-order valence-electron chi connectivity index (χ1n) is 8.32. The quantitative estimate of drug-likeness (QED) is 0.756. The normalized spacial score (nSPS) is 15.6. The number of rotatable bonds is 4. The van der Waals surface area contributed by atoms with Crippen LogP contribution >= 0.6 is 15.9 Å². The zero-order chi connectivity index (χ0) is 17.9. The fraction of sp³-hybridized carbons (Fsp3) is 0.300. The third kappa shape index (κ3) is 3.47. The van der Waals surface area contributed by atoms with Gasteiger partial charge in [-0.3, -0.25) is 4.79 Å². The van der Waals surface area contributed by atoms with E-state index in [-0.39, 0.29) is 5.91 Å². The van der Waals surface area contributed by atoms with Gasteiger partial charge in [-0.1, -0.05) is 59.1 Å². The van der Waals surface area contributed by atoms with Crippen LogP contribution in [0.5, 0.6) is 0 Å². The number of methoxy groups -OCH3 is 1. The van der Waals surface area contributed by atoms with Crippen LogP contribution in [0.4, 0.5) is 5.69 Å². The molecule has 5 heteroatoms. The van der Waals surface area contributed by atoms with Crippen LogP contribution in [0.1, 0.15) is 41.6 Å². The molecular formula is C20H20BrNO3. The van der Waals surface area contributed by atoms with Crippen molar-refractivity contribution in [1.82, 2.24) is 0 Å². The Morgan fingerprint density at radius 3 is 2.40 bits per heavy atom. The number of ether oxygens (including phenoxy) is 1. The Hall–Kier alpha value is -2.14. The number of benzene rings is 2. The number of halogens is 1. The fourth-order valence-corrected chi connectivity index (χ4v) is 3.89. The Morgan fingerprint density at radius 1 is 1.08 bits per heavy atom. The minimum atomic E-state index is -0.540. The van der Waals surface area contributed by atoms with Gasteiger partial charge in [-0.2, -0.15) is 0 Å². The number of carbonyl (C=O) groups is 2. The molecule has 0 unspecified atom stereocenters. The number of amides is 1. The van der Waals surface area contributed by atoms with E-state index in [2.05, 4.69) is 21.2 Å². The minimum absolute atomic E-state index is 0.0660. The van der Waals surface area contributed by atoms with Gasteiger partial charge < -0.3 is 10.1 Å². The van der Waals surface area contributed by atoms with Gasteiger partial charge in [0.05, 0.1) is 23.8 Å². The van der Waals surface area contributed by atoms with Crippen molar-refractivity contribution < 1.29 is 14.3 Å². The van der Waals surface area contributed by atoms with Gasteiger partial charge in [0, 0.05) is 4.47 Å². The van der Waals surface area contributed by atoms with E-state index in [1.54, 1.807) is 18.2 Å². The molecule has 3 rings (SSSR count). The molecule has 4 nitrogen and oxygen atoms in total. The second kappa shape index (κ2) is 7.40. The number of hydrogen-bond donors (Lipinski definition) is 1. The van der Waals surface area contributed by atoms with Crippen molar-refractivity contribution in [3.63, 3.8) is 0 Å². The summed E-state index contributed by atoms with van der Waals surface area (Å²) in [5.74, 6) is -0.541. The van der Waals surface area contributed by atoms with E-state index in [1.165, 1.54) is 7.11 Å². The number of esters is 1. The largest absolute Gasteiger partial charge is 0.465 e. The summed E-state index contributed by atoms with van der Waals surface area (Å²) >= 11 is 3.35. The molecule has 0 radical (unpaired) electrons. The summed E-state index contributed by atoms with van der Waals surface area (Å²) in [6.07, 6.45) is 3.67. The molecule has 0 atom stereocenters. The molecule has 130 valence electrons. The molecule has 1 aliphatic carbocycles. The monoisotopic (exact) mass is 401 g/mol. The Bertz CT molecular complexity index is 783. The van der Waals surface area contributed by atoms with Crippen LogP contribution in [0.25, 0.3) is 0 Å². The third-order valence-electron chi connectivity index (χ3n) is 4.85. The molecule has 0 spiro atoms. The van der Waals surface area contributed by atoms with E-state index in [9.17, 15) is 9.59 Å². The predicted octanol–water partition coefficient (Wildman–Crippen LogP) is 4.69. The van der Waals surface area contributed by atoms with E-state index in [0.717, 1.165) is 35.7 Å². The van der Waals surface area contributed by atoms with Crippen molar-refractivity contribution in [2.24, 2.45) is 0 Å². The average molecular weight is 402 g/mol. The van der Waals surface area contributed by atoms with E-state index < -0.39 is 11.4 Å². The average Bonchev–Trinajstić information content (AvgIpc) is 3.14. The second-order valence-corrected chi connectivity index (χ2v) is 7.21. The Kier molecular flexibility index (Phi) is 5.23. The highest BCUT2D eigenvalue weighted by Gasteiger charge is 2.42. The van der Waals surface area contributed by atoms with E-state index in [0.29, 0.717) is 11.3 Å². The molecule has 2 aromatic rings. The van der Waals surface area contributed by atoms with Gasteiger partial charge >= 0.3 is 5.97 Å². The highest BCUT2D eigenvalue weighted by Crippen LogP contribution is 2.42. The number of hydrogen-bond acceptors (Lipinski definition) is 3. The smallest absolute Gasteiger partial charge is 0.340 e. The van der Waals surface area contributed by atoms with Crippen molar-refractivity contribution in [3.05, 3.63) is 64.1 Å². The van der Waals surface area contributed by atoms with Gasteiger partial charge in [-0.05, 0) is 36.6 Å². The Labute approximate surface area is 155 Å². The third-order valence-corrected chi connectivity index (χ3v) is 5.35. The molecule has 1 N–H and O–H groups in total. The number of anilines is 1. The lowest BCUT2D eigenvalue weighted by molar-refractivity contribution is -0.121. The van der Waals surface area contributed by atoms with Gasteiger partial charge in [0.1, 0.15) is 0 Å². The fourth-order valence-electron chi connectivity index (χ4n) is 3.53. The molecule has 1 saturated carbocycles. The Balaban J connectivity index is 1.95. The zero-order valence-corrected chi connectivity index (χ0v) is 15.6. The predicted molar refractivity (Wildman–Crippen MR) is 101 cm³/mol. The summed E-state index contributed by atoms with van der Waals surface area (Å²) in [5, 5.41) is 2.97. The molecular weight excluding hydrogens is 382 g/mol. The van der Waals surface area contributed by atoms with Crippen molar-refractivity contribution in [2.75, 3.05) is 12.4 Å². The minimum Gasteiger partial charge on any atom is -0.465 e. The van der Waals surface area contributed by atoms with E-state index in [4.69, 9.17) is 4.74 Å². The van der Waals surface area contributed by atoms with Crippen molar-refractivity contribution in [2.45, 2.75) is 31.1 Å². The maximum atomic E-state index is 13.2. The molecule has 1 aliphatic rings. The molecule has 0 bridgehead atoms. The maximum Gasteiger partial charge on any atom is 0.340 e. The van der Waals surface area contributed by atoms with Crippen LogP contribution < -0.4 is 5.32 Å². The molecule has 0 saturated heterocycles. The lowest BCUT2D eigenvalue weighted by Crippen LogP contribution is -2.38. The first kappa shape index (κ1) is 17.7. The van der Waals surface area contributed by atoms with Gasteiger partial charge in [0.2, 0.25) is 5.91 Å². The lowest BCUT2D eigenvalue weighted by atomic mass is 9.78. The summed E-state index contributed by atoms with van der Waals surface area (Å²) in [7, 11) is 1.33. The first-order chi connectivity index (χ1) is 12.1. The molecule has 0 aliphatic heterocycles. The summed E-state index contributed by atoms with van der Waals surface area (Å²) in [5.41, 5.74) is 1.30. The summed E-state index contributed by atoms with van der Waals surface area (Å²) in [6.45, 7) is 0. The van der Waals surface area contributed by atoms with E-state index >= 15 is 0 Å². The van der Waals surface area contributed by atoms with E-state index in [1.807, 2.05) is 30.3 Å². The van der Waals surface area contributed by atoms with Gasteiger partial charge in [-0.25, -0.2) is 4.79 Å². The lowest BCUT2D eigenvalue weighted by Gasteiger charge is -2.28. The van der Waals surface area contributed by atoms with Gasteiger partial charge in [-0.15, -0.1) is 0 Å².